The van der Waals surface area contributed by atoms with Crippen LogP contribution in [0, 0.1) is 0 Å². The minimum absolute atomic E-state index is 0.0142. The maximum atomic E-state index is 13.1. The third-order valence-corrected chi connectivity index (χ3v) is 6.99. The van der Waals surface area contributed by atoms with Crippen LogP contribution >= 0.6 is 11.8 Å². The molecule has 4 aromatic rings. The molecular weight excluding hydrogens is 566 g/mol. The van der Waals surface area contributed by atoms with Crippen molar-refractivity contribution in [2.45, 2.75) is 24.7 Å². The number of hydrogen-bond acceptors (Lipinski definition) is 7. The maximum Gasteiger partial charge on any atom is 0.338 e. The van der Waals surface area contributed by atoms with E-state index < -0.39 is 11.8 Å². The zero-order chi connectivity index (χ0) is 30.4. The Morgan fingerprint density at radius 1 is 0.814 bits per heavy atom. The number of thioether (sulfide) groups is 1. The Kier molecular flexibility index (Phi) is 11.3. The predicted octanol–water partition coefficient (Wildman–Crippen LogP) is 6.38. The van der Waals surface area contributed by atoms with Gasteiger partial charge in [-0.3, -0.25) is 14.4 Å². The number of carbonyl (C=O) groups is 4. The van der Waals surface area contributed by atoms with Crippen LogP contribution in [0.3, 0.4) is 0 Å². The normalized spacial score (nSPS) is 11.0. The third-order valence-electron chi connectivity index (χ3n) is 5.98. The summed E-state index contributed by atoms with van der Waals surface area (Å²) in [5.74, 6) is -0.982. The molecule has 1 heterocycles. The summed E-state index contributed by atoms with van der Waals surface area (Å²) in [5, 5.41) is 8.24. The molecule has 0 bridgehead atoms. The molecule has 0 aliphatic rings. The van der Waals surface area contributed by atoms with E-state index in [2.05, 4.69) is 16.0 Å². The van der Waals surface area contributed by atoms with E-state index in [-0.39, 0.29) is 23.3 Å². The molecule has 4 rings (SSSR count). The van der Waals surface area contributed by atoms with Crippen molar-refractivity contribution in [3.63, 3.8) is 0 Å². The van der Waals surface area contributed by atoms with Gasteiger partial charge in [-0.1, -0.05) is 31.5 Å². The van der Waals surface area contributed by atoms with Crippen molar-refractivity contribution in [2.75, 3.05) is 23.0 Å². The molecule has 0 unspecified atom stereocenters. The Bertz CT molecular complexity index is 1550. The quantitative estimate of drug-likeness (QED) is 0.0707. The topological polar surface area (TPSA) is 127 Å². The van der Waals surface area contributed by atoms with Crippen LogP contribution in [-0.4, -0.2) is 36.1 Å². The lowest BCUT2D eigenvalue weighted by molar-refractivity contribution is -0.114. The molecule has 43 heavy (non-hydrogen) atoms. The fraction of sp³-hybridized carbons (Fsp3) is 0.152. The Morgan fingerprint density at radius 3 is 2.19 bits per heavy atom. The number of hydrogen-bond donors (Lipinski definition) is 3. The molecule has 3 aromatic carbocycles. The van der Waals surface area contributed by atoms with Crippen LogP contribution < -0.4 is 16.0 Å². The molecule has 1 aromatic heterocycles. The van der Waals surface area contributed by atoms with Gasteiger partial charge in [-0.15, -0.1) is 11.8 Å². The minimum atomic E-state index is -0.527. The van der Waals surface area contributed by atoms with Gasteiger partial charge in [0.25, 0.3) is 11.8 Å². The second kappa shape index (κ2) is 15.8. The number of esters is 1. The maximum absolute atomic E-state index is 13.1. The number of ether oxygens (including phenoxy) is 1. The summed E-state index contributed by atoms with van der Waals surface area (Å²) in [4.78, 5) is 51.1. The van der Waals surface area contributed by atoms with Crippen molar-refractivity contribution in [1.82, 2.24) is 5.32 Å². The molecular formula is C33H31N3O6S. The van der Waals surface area contributed by atoms with Gasteiger partial charge < -0.3 is 25.1 Å². The first-order valence-electron chi connectivity index (χ1n) is 13.6. The van der Waals surface area contributed by atoms with E-state index in [1.807, 2.05) is 6.92 Å². The first-order valence-corrected chi connectivity index (χ1v) is 14.6. The molecule has 3 N–H and O–H groups in total. The van der Waals surface area contributed by atoms with Gasteiger partial charge in [0.2, 0.25) is 5.91 Å². The monoisotopic (exact) mass is 597 g/mol. The number of carbonyl (C=O) groups excluding carboxylic acids is 4. The Hall–Kier alpha value is -5.09. The SMILES string of the molecule is CCCCOC(=O)c1ccc(NC(=O)CSc2ccc(NC(=O)/C(=C/c3ccco3)NC(=O)c3ccccc3)cc2)cc1. The number of unbranched alkanes of at least 4 members (excludes halogenated alkanes) is 1. The smallest absolute Gasteiger partial charge is 0.338 e. The fourth-order valence-corrected chi connectivity index (χ4v) is 4.42. The number of rotatable bonds is 13. The van der Waals surface area contributed by atoms with E-state index in [9.17, 15) is 19.2 Å². The van der Waals surface area contributed by atoms with Crippen LogP contribution in [-0.2, 0) is 14.3 Å². The third kappa shape index (κ3) is 9.75. The van der Waals surface area contributed by atoms with Gasteiger partial charge in [-0.05, 0) is 79.2 Å². The average Bonchev–Trinajstić information content (AvgIpc) is 3.54. The number of benzene rings is 3. The van der Waals surface area contributed by atoms with Gasteiger partial charge in [0.15, 0.2) is 0 Å². The van der Waals surface area contributed by atoms with Crippen molar-refractivity contribution < 1.29 is 28.3 Å². The van der Waals surface area contributed by atoms with Crippen LogP contribution in [0.15, 0.2) is 112 Å². The number of amides is 3. The van der Waals surface area contributed by atoms with Crippen molar-refractivity contribution in [3.8, 4) is 0 Å². The molecule has 220 valence electrons. The van der Waals surface area contributed by atoms with Crippen LogP contribution in [0.4, 0.5) is 11.4 Å². The summed E-state index contributed by atoms with van der Waals surface area (Å²) in [7, 11) is 0. The standard InChI is InChI=1S/C33H31N3O6S/c1-2-3-19-42-33(40)24-11-13-25(14-12-24)34-30(37)22-43-28-17-15-26(16-18-28)35-32(39)29(21-27-10-7-20-41-27)36-31(38)23-8-5-4-6-9-23/h4-18,20-21H,2-3,19,22H2,1H3,(H,34,37)(H,35,39)(H,36,38)/b29-21-. The van der Waals surface area contributed by atoms with Crippen molar-refractivity contribution in [2.24, 2.45) is 0 Å². The lowest BCUT2D eigenvalue weighted by Gasteiger charge is -2.11. The highest BCUT2D eigenvalue weighted by atomic mass is 32.2. The highest BCUT2D eigenvalue weighted by Crippen LogP contribution is 2.21. The molecule has 0 saturated carbocycles. The van der Waals surface area contributed by atoms with Crippen LogP contribution in [0.2, 0.25) is 0 Å². The first-order chi connectivity index (χ1) is 20.9. The zero-order valence-electron chi connectivity index (χ0n) is 23.5. The summed E-state index contributed by atoms with van der Waals surface area (Å²) < 4.78 is 10.5. The second-order valence-corrected chi connectivity index (χ2v) is 10.3. The minimum Gasteiger partial charge on any atom is -0.465 e. The molecule has 0 aliphatic carbocycles. The molecule has 0 atom stereocenters. The second-order valence-electron chi connectivity index (χ2n) is 9.28. The summed E-state index contributed by atoms with van der Waals surface area (Å²) in [6.45, 7) is 2.41. The van der Waals surface area contributed by atoms with Crippen LogP contribution in [0.25, 0.3) is 6.08 Å². The summed E-state index contributed by atoms with van der Waals surface area (Å²) in [6, 6.07) is 25.5. The van der Waals surface area contributed by atoms with Crippen LogP contribution in [0.1, 0.15) is 46.2 Å². The van der Waals surface area contributed by atoms with E-state index in [0.717, 1.165) is 17.7 Å². The van der Waals surface area contributed by atoms with E-state index in [4.69, 9.17) is 9.15 Å². The summed E-state index contributed by atoms with van der Waals surface area (Å²) in [5.41, 5.74) is 1.93. The predicted molar refractivity (Wildman–Crippen MR) is 167 cm³/mol. The Labute approximate surface area is 253 Å². The molecule has 0 aliphatic heterocycles. The van der Waals surface area contributed by atoms with Gasteiger partial charge >= 0.3 is 5.97 Å². The molecule has 9 nitrogen and oxygen atoms in total. The lowest BCUT2D eigenvalue weighted by atomic mass is 10.2. The lowest BCUT2D eigenvalue weighted by Crippen LogP contribution is -2.30. The molecule has 10 heteroatoms. The number of furan rings is 1. The van der Waals surface area contributed by atoms with E-state index in [0.29, 0.717) is 34.9 Å². The van der Waals surface area contributed by atoms with Gasteiger partial charge in [0.05, 0.1) is 24.2 Å². The van der Waals surface area contributed by atoms with E-state index in [1.54, 1.807) is 91.0 Å². The van der Waals surface area contributed by atoms with Crippen molar-refractivity contribution >= 4 is 52.9 Å². The first kappa shape index (κ1) is 30.9. The molecule has 0 fully saturated rings. The summed E-state index contributed by atoms with van der Waals surface area (Å²) in [6.07, 6.45) is 4.68. The van der Waals surface area contributed by atoms with Gasteiger partial charge in [0.1, 0.15) is 11.5 Å². The number of nitrogens with one attached hydrogen (secondary N) is 3. The molecule has 3 amide bonds. The molecule has 0 saturated heterocycles. The van der Waals surface area contributed by atoms with E-state index in [1.165, 1.54) is 24.1 Å². The van der Waals surface area contributed by atoms with Gasteiger partial charge in [0, 0.05) is 27.9 Å². The molecule has 0 radical (unpaired) electrons. The summed E-state index contributed by atoms with van der Waals surface area (Å²) >= 11 is 1.33. The zero-order valence-corrected chi connectivity index (χ0v) is 24.3. The highest BCUT2D eigenvalue weighted by Gasteiger charge is 2.16. The van der Waals surface area contributed by atoms with Crippen molar-refractivity contribution in [3.05, 3.63) is 120 Å². The van der Waals surface area contributed by atoms with Gasteiger partial charge in [-0.25, -0.2) is 4.79 Å². The van der Waals surface area contributed by atoms with Crippen molar-refractivity contribution in [1.29, 1.82) is 0 Å². The Morgan fingerprint density at radius 2 is 1.51 bits per heavy atom. The Balaban J connectivity index is 1.29. The number of anilines is 2. The largest absolute Gasteiger partial charge is 0.465 e. The van der Waals surface area contributed by atoms with Gasteiger partial charge in [-0.2, -0.15) is 0 Å². The fourth-order valence-electron chi connectivity index (χ4n) is 3.72. The highest BCUT2D eigenvalue weighted by molar-refractivity contribution is 8.00. The molecule has 0 spiro atoms. The average molecular weight is 598 g/mol. The van der Waals surface area contributed by atoms with Crippen LogP contribution in [0.5, 0.6) is 0 Å². The van der Waals surface area contributed by atoms with E-state index >= 15 is 0 Å².